The minimum Gasteiger partial charge on any atom is -0.473 e. The first-order chi connectivity index (χ1) is 13.9. The lowest BCUT2D eigenvalue weighted by molar-refractivity contribution is -0.117. The molecule has 0 aliphatic heterocycles. The van der Waals surface area contributed by atoms with Gasteiger partial charge in [0.25, 0.3) is 5.56 Å². The largest absolute Gasteiger partial charge is 0.473 e. The van der Waals surface area contributed by atoms with Crippen molar-refractivity contribution < 1.29 is 13.9 Å². The van der Waals surface area contributed by atoms with Crippen molar-refractivity contribution in [3.63, 3.8) is 0 Å². The molecule has 29 heavy (non-hydrogen) atoms. The molecule has 1 fully saturated rings. The maximum atomic E-state index is 12.9. The van der Waals surface area contributed by atoms with Crippen LogP contribution in [-0.2, 0) is 11.3 Å². The SMILES string of the molecule is C[C@H](Oc1nn(CC(=O)Nc2ncc(F)cn2)c(=O)c2ccc(Br)cc12)C1CC1. The van der Waals surface area contributed by atoms with Crippen LogP contribution in [0.3, 0.4) is 0 Å². The fourth-order valence-corrected chi connectivity index (χ4v) is 3.30. The Kier molecular flexibility index (Phi) is 5.27. The average Bonchev–Trinajstić information content (AvgIpc) is 3.52. The average molecular weight is 462 g/mol. The molecule has 1 aromatic carbocycles. The summed E-state index contributed by atoms with van der Waals surface area (Å²) in [6.45, 7) is 1.61. The molecule has 0 spiro atoms. The summed E-state index contributed by atoms with van der Waals surface area (Å²) < 4.78 is 20.8. The number of aromatic nitrogens is 4. The molecule has 1 amide bonds. The van der Waals surface area contributed by atoms with E-state index >= 15 is 0 Å². The molecule has 8 nitrogen and oxygen atoms in total. The second-order valence-electron chi connectivity index (χ2n) is 6.89. The number of ether oxygens (including phenoxy) is 1. The number of hydrogen-bond acceptors (Lipinski definition) is 6. The van der Waals surface area contributed by atoms with Crippen molar-refractivity contribution in [2.24, 2.45) is 5.92 Å². The van der Waals surface area contributed by atoms with Gasteiger partial charge in [-0.05, 0) is 43.9 Å². The third-order valence-corrected chi connectivity index (χ3v) is 5.13. The van der Waals surface area contributed by atoms with Crippen LogP contribution in [-0.4, -0.2) is 31.8 Å². The molecule has 1 aliphatic rings. The topological polar surface area (TPSA) is 99.0 Å². The van der Waals surface area contributed by atoms with E-state index in [2.05, 4.69) is 36.3 Å². The molecule has 1 saturated carbocycles. The minimum absolute atomic E-state index is 0.0444. The Hall–Kier alpha value is -2.88. The number of nitrogens with one attached hydrogen (secondary N) is 1. The maximum Gasteiger partial charge on any atom is 0.275 e. The van der Waals surface area contributed by atoms with Crippen molar-refractivity contribution in [3.05, 3.63) is 51.2 Å². The highest BCUT2D eigenvalue weighted by Crippen LogP contribution is 2.35. The van der Waals surface area contributed by atoms with E-state index in [-0.39, 0.29) is 18.6 Å². The monoisotopic (exact) mass is 461 g/mol. The summed E-state index contributed by atoms with van der Waals surface area (Å²) in [7, 11) is 0. The maximum absolute atomic E-state index is 12.9. The zero-order valence-electron chi connectivity index (χ0n) is 15.4. The van der Waals surface area contributed by atoms with Gasteiger partial charge in [0, 0.05) is 4.47 Å². The third kappa shape index (κ3) is 4.42. The fourth-order valence-electron chi connectivity index (χ4n) is 2.94. The van der Waals surface area contributed by atoms with Crippen molar-refractivity contribution >= 4 is 38.6 Å². The van der Waals surface area contributed by atoms with Gasteiger partial charge in [-0.3, -0.25) is 14.9 Å². The van der Waals surface area contributed by atoms with Gasteiger partial charge < -0.3 is 4.74 Å². The number of rotatable bonds is 6. The normalized spacial score (nSPS) is 14.6. The number of hydrogen-bond donors (Lipinski definition) is 1. The van der Waals surface area contributed by atoms with E-state index in [1.165, 1.54) is 0 Å². The highest BCUT2D eigenvalue weighted by atomic mass is 79.9. The van der Waals surface area contributed by atoms with E-state index in [0.717, 1.165) is 34.4 Å². The number of anilines is 1. The first kappa shape index (κ1) is 19.4. The van der Waals surface area contributed by atoms with Crippen molar-refractivity contribution in [3.8, 4) is 5.88 Å². The Morgan fingerprint density at radius 3 is 2.76 bits per heavy atom. The second kappa shape index (κ2) is 7.86. The predicted molar refractivity (Wildman–Crippen MR) is 107 cm³/mol. The number of carbonyl (C=O) groups excluding carboxylic acids is 1. The molecule has 2 aromatic heterocycles. The summed E-state index contributed by atoms with van der Waals surface area (Å²) in [6, 6.07) is 5.18. The Balaban J connectivity index is 1.65. The summed E-state index contributed by atoms with van der Waals surface area (Å²) in [6.07, 6.45) is 4.03. The molecule has 0 saturated heterocycles. The van der Waals surface area contributed by atoms with Gasteiger partial charge in [0.15, 0.2) is 5.82 Å². The van der Waals surface area contributed by atoms with E-state index < -0.39 is 17.3 Å². The van der Waals surface area contributed by atoms with Crippen LogP contribution in [0.2, 0.25) is 0 Å². The highest BCUT2D eigenvalue weighted by Gasteiger charge is 2.30. The second-order valence-corrected chi connectivity index (χ2v) is 7.81. The molecule has 0 radical (unpaired) electrons. The standard InChI is InChI=1S/C19H17BrFN5O3/c1-10(11-2-3-11)29-17-15-6-12(20)4-5-14(15)18(28)26(25-17)9-16(27)24-19-22-7-13(21)8-23-19/h4-8,10-11H,2-3,9H2,1H3,(H,22,23,24,27)/t10-/m0/s1. The first-order valence-corrected chi connectivity index (χ1v) is 9.84. The van der Waals surface area contributed by atoms with Crippen LogP contribution >= 0.6 is 15.9 Å². The molecule has 1 aliphatic carbocycles. The van der Waals surface area contributed by atoms with Gasteiger partial charge in [0.05, 0.1) is 23.2 Å². The van der Waals surface area contributed by atoms with Crippen LogP contribution in [0, 0.1) is 11.7 Å². The molecule has 0 unspecified atom stereocenters. The van der Waals surface area contributed by atoms with Crippen molar-refractivity contribution in [2.75, 3.05) is 5.32 Å². The Bertz CT molecular complexity index is 1130. The third-order valence-electron chi connectivity index (χ3n) is 4.64. The molecule has 2 heterocycles. The molecular formula is C19H17BrFN5O3. The number of fused-ring (bicyclic) bond motifs is 1. The molecule has 4 rings (SSSR count). The van der Waals surface area contributed by atoms with Crippen molar-refractivity contribution in [1.82, 2.24) is 19.7 Å². The Morgan fingerprint density at radius 2 is 2.07 bits per heavy atom. The van der Waals surface area contributed by atoms with E-state index in [0.29, 0.717) is 22.6 Å². The summed E-state index contributed by atoms with van der Waals surface area (Å²) in [5.74, 6) is -0.477. The van der Waals surface area contributed by atoms with Gasteiger partial charge in [-0.15, -0.1) is 5.10 Å². The van der Waals surface area contributed by atoms with Gasteiger partial charge in [-0.1, -0.05) is 15.9 Å². The van der Waals surface area contributed by atoms with E-state index in [9.17, 15) is 14.0 Å². The van der Waals surface area contributed by atoms with E-state index in [1.54, 1.807) is 18.2 Å². The van der Waals surface area contributed by atoms with Crippen LogP contribution in [0.1, 0.15) is 19.8 Å². The van der Waals surface area contributed by atoms with Gasteiger partial charge in [0.2, 0.25) is 17.7 Å². The van der Waals surface area contributed by atoms with E-state index in [1.807, 2.05) is 6.92 Å². The summed E-state index contributed by atoms with van der Waals surface area (Å²) in [4.78, 5) is 32.5. The lowest BCUT2D eigenvalue weighted by Crippen LogP contribution is -2.31. The summed E-state index contributed by atoms with van der Waals surface area (Å²) in [5.41, 5.74) is -0.422. The molecule has 1 N–H and O–H groups in total. The number of benzene rings is 1. The van der Waals surface area contributed by atoms with Crippen LogP contribution in [0.5, 0.6) is 5.88 Å². The minimum atomic E-state index is -0.617. The van der Waals surface area contributed by atoms with E-state index in [4.69, 9.17) is 4.74 Å². The van der Waals surface area contributed by atoms with Crippen molar-refractivity contribution in [1.29, 1.82) is 0 Å². The van der Waals surface area contributed by atoms with Gasteiger partial charge in [-0.25, -0.2) is 19.0 Å². The number of carbonyl (C=O) groups is 1. The predicted octanol–water partition coefficient (Wildman–Crippen LogP) is 2.90. The summed E-state index contributed by atoms with van der Waals surface area (Å²) >= 11 is 3.40. The lowest BCUT2D eigenvalue weighted by atomic mass is 10.2. The van der Waals surface area contributed by atoms with Crippen LogP contribution in [0.15, 0.2) is 39.9 Å². The fraction of sp³-hybridized carbons (Fsp3) is 0.316. The molecule has 1 atom stereocenters. The first-order valence-electron chi connectivity index (χ1n) is 9.05. The van der Waals surface area contributed by atoms with Gasteiger partial charge in [-0.2, -0.15) is 0 Å². The molecule has 150 valence electrons. The molecular weight excluding hydrogens is 445 g/mol. The van der Waals surface area contributed by atoms with Crippen molar-refractivity contribution in [2.45, 2.75) is 32.4 Å². The number of amides is 1. The highest BCUT2D eigenvalue weighted by molar-refractivity contribution is 9.10. The van der Waals surface area contributed by atoms with Gasteiger partial charge in [0.1, 0.15) is 12.6 Å². The zero-order chi connectivity index (χ0) is 20.5. The van der Waals surface area contributed by atoms with Gasteiger partial charge >= 0.3 is 0 Å². The van der Waals surface area contributed by atoms with Crippen LogP contribution in [0.25, 0.3) is 10.8 Å². The number of halogens is 2. The smallest absolute Gasteiger partial charge is 0.275 e. The summed E-state index contributed by atoms with van der Waals surface area (Å²) in [5, 5.41) is 7.68. The van der Waals surface area contributed by atoms with Crippen LogP contribution < -0.4 is 15.6 Å². The number of nitrogens with zero attached hydrogens (tertiary/aromatic N) is 4. The Morgan fingerprint density at radius 1 is 1.34 bits per heavy atom. The molecule has 10 heteroatoms. The zero-order valence-corrected chi connectivity index (χ0v) is 17.0. The molecule has 0 bridgehead atoms. The Labute approximate surface area is 173 Å². The molecule has 3 aromatic rings. The van der Waals surface area contributed by atoms with Crippen LogP contribution in [0.4, 0.5) is 10.3 Å². The quantitative estimate of drug-likeness (QED) is 0.605. The lowest BCUT2D eigenvalue weighted by Gasteiger charge is -2.16.